The van der Waals surface area contributed by atoms with Gasteiger partial charge in [0.05, 0.1) is 28.7 Å². The van der Waals surface area contributed by atoms with Crippen LogP contribution in [0.5, 0.6) is 0 Å². The second kappa shape index (κ2) is 7.77. The van der Waals surface area contributed by atoms with Gasteiger partial charge in [-0.1, -0.05) is 12.1 Å². The quantitative estimate of drug-likeness (QED) is 0.623. The highest BCUT2D eigenvalue weighted by molar-refractivity contribution is 5.77. The van der Waals surface area contributed by atoms with Gasteiger partial charge in [-0.2, -0.15) is 5.26 Å². The van der Waals surface area contributed by atoms with E-state index in [1.54, 1.807) is 33.7 Å². The molecule has 1 N–H and O–H groups in total. The Labute approximate surface area is 190 Å². The summed E-state index contributed by atoms with van der Waals surface area (Å²) in [5, 5.41) is 9.12. The second-order valence-electron chi connectivity index (χ2n) is 9.44. The summed E-state index contributed by atoms with van der Waals surface area (Å²) < 4.78 is 21.0. The summed E-state index contributed by atoms with van der Waals surface area (Å²) in [4.78, 5) is 30.2. The molecule has 8 heteroatoms. The molecule has 170 valence electrons. The highest BCUT2D eigenvalue weighted by Crippen LogP contribution is 2.45. The third-order valence-electron chi connectivity index (χ3n) is 6.95. The molecule has 1 amide bonds. The molecule has 1 saturated heterocycles. The van der Waals surface area contributed by atoms with Crippen molar-refractivity contribution in [2.45, 2.75) is 63.3 Å². The number of halogens is 1. The number of amides is 1. The molecule has 2 fully saturated rings. The van der Waals surface area contributed by atoms with Crippen molar-refractivity contribution in [3.63, 3.8) is 0 Å². The van der Waals surface area contributed by atoms with Gasteiger partial charge in [0, 0.05) is 12.1 Å². The Kier molecular flexibility index (Phi) is 5.00. The van der Waals surface area contributed by atoms with Gasteiger partial charge in [0.1, 0.15) is 11.4 Å². The number of carbonyl (C=O) groups is 1. The van der Waals surface area contributed by atoms with Gasteiger partial charge in [0.15, 0.2) is 0 Å². The van der Waals surface area contributed by atoms with E-state index in [1.807, 2.05) is 19.9 Å². The van der Waals surface area contributed by atoms with Crippen LogP contribution in [0.3, 0.4) is 0 Å². The van der Waals surface area contributed by atoms with Crippen LogP contribution in [0.1, 0.15) is 62.7 Å². The number of hydrogen-bond acceptors (Lipinski definition) is 4. The Balaban J connectivity index is 1.39. The number of ether oxygens (including phenoxy) is 1. The average Bonchev–Trinajstić information content (AvgIpc) is 3.24. The first kappa shape index (κ1) is 21.3. The zero-order valence-corrected chi connectivity index (χ0v) is 18.5. The summed E-state index contributed by atoms with van der Waals surface area (Å²) in [7, 11) is 0. The van der Waals surface area contributed by atoms with Gasteiger partial charge in [-0.15, -0.1) is 0 Å². The van der Waals surface area contributed by atoms with Crippen LogP contribution >= 0.6 is 0 Å². The number of aromatic nitrogens is 2. The lowest BCUT2D eigenvalue weighted by Crippen LogP contribution is -2.43. The SMILES string of the molecule is CC1(C)OC(=O)N(C2CCC(n3c(=O)[nH]c4cc(C#N)ccc43)CC2)[C@H]1c1ccc(F)cc1. The van der Waals surface area contributed by atoms with Crippen LogP contribution in [0.25, 0.3) is 11.0 Å². The number of hydrogen-bond donors (Lipinski definition) is 1. The molecule has 0 bridgehead atoms. The number of nitrogens with one attached hydrogen (secondary N) is 1. The van der Waals surface area contributed by atoms with E-state index in [2.05, 4.69) is 11.1 Å². The van der Waals surface area contributed by atoms with E-state index in [-0.39, 0.29) is 35.7 Å². The number of rotatable bonds is 3. The van der Waals surface area contributed by atoms with E-state index in [0.717, 1.165) is 36.8 Å². The fourth-order valence-electron chi connectivity index (χ4n) is 5.50. The van der Waals surface area contributed by atoms with E-state index < -0.39 is 5.60 Å². The molecule has 7 nitrogen and oxygen atoms in total. The van der Waals surface area contributed by atoms with Crippen molar-refractivity contribution in [2.75, 3.05) is 0 Å². The fourth-order valence-corrected chi connectivity index (χ4v) is 5.50. The van der Waals surface area contributed by atoms with Gasteiger partial charge >= 0.3 is 11.8 Å². The van der Waals surface area contributed by atoms with Crippen molar-refractivity contribution in [3.8, 4) is 6.07 Å². The third kappa shape index (κ3) is 3.58. The number of fused-ring (bicyclic) bond motifs is 1. The van der Waals surface area contributed by atoms with Gasteiger partial charge in [-0.3, -0.25) is 9.47 Å². The van der Waals surface area contributed by atoms with E-state index in [1.165, 1.54) is 12.1 Å². The molecule has 3 aromatic rings. The van der Waals surface area contributed by atoms with Gasteiger partial charge in [-0.25, -0.2) is 14.0 Å². The van der Waals surface area contributed by atoms with Crippen molar-refractivity contribution in [1.82, 2.24) is 14.5 Å². The highest BCUT2D eigenvalue weighted by atomic mass is 19.1. The number of nitriles is 1. The normalized spacial score (nSPS) is 24.6. The van der Waals surface area contributed by atoms with Crippen LogP contribution in [0.15, 0.2) is 47.3 Å². The van der Waals surface area contributed by atoms with Crippen LogP contribution in [-0.4, -0.2) is 32.2 Å². The molecule has 2 aromatic carbocycles. The molecular formula is C25H25FN4O3. The number of nitrogens with zero attached hydrogens (tertiary/aromatic N) is 3. The number of cyclic esters (lactones) is 1. The lowest BCUT2D eigenvalue weighted by Gasteiger charge is -2.38. The summed E-state index contributed by atoms with van der Waals surface area (Å²) >= 11 is 0. The van der Waals surface area contributed by atoms with E-state index in [4.69, 9.17) is 10.00 Å². The van der Waals surface area contributed by atoms with Crippen LogP contribution in [-0.2, 0) is 4.74 Å². The second-order valence-corrected chi connectivity index (χ2v) is 9.44. The molecule has 2 heterocycles. The fraction of sp³-hybridized carbons (Fsp3) is 0.400. The number of aromatic amines is 1. The molecule has 0 spiro atoms. The van der Waals surface area contributed by atoms with E-state index in [9.17, 15) is 14.0 Å². The Morgan fingerprint density at radius 1 is 1.06 bits per heavy atom. The number of carbonyl (C=O) groups excluding carboxylic acids is 1. The Morgan fingerprint density at radius 2 is 1.73 bits per heavy atom. The standard InChI is InChI=1S/C25H25FN4O3/c1-25(2)22(16-4-6-17(26)7-5-16)30(24(32)33-25)19-10-8-18(9-11-19)29-21-12-3-15(14-27)13-20(21)28-23(29)31/h3-7,12-13,18-19,22H,8-11H2,1-2H3,(H,28,31)/t18?,19?,22-/m0/s1. The zero-order valence-electron chi connectivity index (χ0n) is 18.5. The van der Waals surface area contributed by atoms with Gasteiger partial charge in [-0.05, 0) is 75.4 Å². The van der Waals surface area contributed by atoms with E-state index in [0.29, 0.717) is 11.1 Å². The zero-order chi connectivity index (χ0) is 23.3. The van der Waals surface area contributed by atoms with Crippen molar-refractivity contribution in [1.29, 1.82) is 5.26 Å². The first-order valence-electron chi connectivity index (χ1n) is 11.2. The van der Waals surface area contributed by atoms with Crippen LogP contribution in [0, 0.1) is 17.1 Å². The molecular weight excluding hydrogens is 423 g/mol. The summed E-state index contributed by atoms with van der Waals surface area (Å²) in [6.45, 7) is 3.76. The lowest BCUT2D eigenvalue weighted by atomic mass is 9.86. The van der Waals surface area contributed by atoms with Crippen LogP contribution in [0.2, 0.25) is 0 Å². The Hall–Kier alpha value is -3.60. The van der Waals surface area contributed by atoms with Crippen LogP contribution in [0.4, 0.5) is 9.18 Å². The predicted octanol–water partition coefficient (Wildman–Crippen LogP) is 4.80. The minimum Gasteiger partial charge on any atom is -0.441 e. The summed E-state index contributed by atoms with van der Waals surface area (Å²) in [6, 6.07) is 13.2. The highest BCUT2D eigenvalue weighted by Gasteiger charge is 2.51. The molecule has 33 heavy (non-hydrogen) atoms. The summed E-state index contributed by atoms with van der Waals surface area (Å²) in [5.74, 6) is -0.320. The number of imidazole rings is 1. The topological polar surface area (TPSA) is 91.1 Å². The molecule has 0 radical (unpaired) electrons. The maximum absolute atomic E-state index is 13.5. The molecule has 5 rings (SSSR count). The Bertz CT molecular complexity index is 1310. The smallest absolute Gasteiger partial charge is 0.411 e. The van der Waals surface area contributed by atoms with Crippen molar-refractivity contribution >= 4 is 17.1 Å². The molecule has 1 atom stereocenters. The predicted molar refractivity (Wildman–Crippen MR) is 120 cm³/mol. The first-order chi connectivity index (χ1) is 15.8. The molecule has 1 aromatic heterocycles. The maximum Gasteiger partial charge on any atom is 0.411 e. The van der Waals surface area contributed by atoms with Crippen LogP contribution < -0.4 is 5.69 Å². The monoisotopic (exact) mass is 448 g/mol. The first-order valence-corrected chi connectivity index (χ1v) is 11.2. The number of benzene rings is 2. The van der Waals surface area contributed by atoms with Crippen molar-refractivity contribution < 1.29 is 13.9 Å². The van der Waals surface area contributed by atoms with Gasteiger partial charge < -0.3 is 9.72 Å². The summed E-state index contributed by atoms with van der Waals surface area (Å²) in [5.41, 5.74) is 1.86. The third-order valence-corrected chi connectivity index (χ3v) is 6.95. The molecule has 2 aliphatic rings. The minimum absolute atomic E-state index is 0.00587. The summed E-state index contributed by atoms with van der Waals surface area (Å²) in [6.07, 6.45) is 2.56. The molecule has 0 unspecified atom stereocenters. The average molecular weight is 448 g/mol. The molecule has 1 saturated carbocycles. The number of H-pyrrole nitrogens is 1. The largest absolute Gasteiger partial charge is 0.441 e. The minimum atomic E-state index is -0.738. The van der Waals surface area contributed by atoms with Gasteiger partial charge in [0.25, 0.3) is 0 Å². The molecule has 1 aliphatic carbocycles. The van der Waals surface area contributed by atoms with Crippen molar-refractivity contribution in [2.24, 2.45) is 0 Å². The molecule has 1 aliphatic heterocycles. The lowest BCUT2D eigenvalue weighted by molar-refractivity contribution is 0.0662. The van der Waals surface area contributed by atoms with Crippen molar-refractivity contribution in [3.05, 3.63) is 69.9 Å². The Morgan fingerprint density at radius 3 is 2.39 bits per heavy atom. The maximum atomic E-state index is 13.5. The van der Waals surface area contributed by atoms with E-state index >= 15 is 0 Å². The van der Waals surface area contributed by atoms with Gasteiger partial charge in [0.2, 0.25) is 0 Å².